The quantitative estimate of drug-likeness (QED) is 0.615. The van der Waals surface area contributed by atoms with Crippen LogP contribution in [0.2, 0.25) is 0 Å². The molecule has 2 saturated heterocycles. The number of halogens is 2. The third-order valence-corrected chi connectivity index (χ3v) is 7.06. The van der Waals surface area contributed by atoms with Crippen molar-refractivity contribution in [3.8, 4) is 11.6 Å². The van der Waals surface area contributed by atoms with Crippen LogP contribution >= 0.6 is 11.9 Å². The van der Waals surface area contributed by atoms with Crippen molar-refractivity contribution in [2.45, 2.75) is 50.0 Å². The van der Waals surface area contributed by atoms with Crippen LogP contribution < -0.4 is 4.74 Å². The molecule has 1 aromatic carbocycles. The lowest BCUT2D eigenvalue weighted by atomic mass is 9.63. The molecule has 3 aliphatic heterocycles. The molecule has 7 heteroatoms. The average Bonchev–Trinajstić information content (AvgIpc) is 2.75. The minimum absolute atomic E-state index is 0.0316. The number of benzene rings is 1. The lowest BCUT2D eigenvalue weighted by Gasteiger charge is -2.55. The lowest BCUT2D eigenvalue weighted by molar-refractivity contribution is 0.0174. The third kappa shape index (κ3) is 3.29. The van der Waals surface area contributed by atoms with Crippen molar-refractivity contribution in [2.75, 3.05) is 12.3 Å². The number of fused-ring (bicyclic) bond motifs is 2. The number of nitrogens with zero attached hydrogens (tertiary/aromatic N) is 3. The Morgan fingerprint density at radius 3 is 2.55 bits per heavy atom. The summed E-state index contributed by atoms with van der Waals surface area (Å²) in [5.41, 5.74) is 1.12. The number of pyridine rings is 1. The molecule has 1 aliphatic carbocycles. The average molecular weight is 416 g/mol. The SMILES string of the molecule is CC(F)(F)c1ccc(Oc2ccc(C34CCC(CC3)N3CCSN=C34)cn2)cc1. The van der Waals surface area contributed by atoms with Gasteiger partial charge in [-0.15, -0.1) is 0 Å². The molecule has 0 unspecified atom stereocenters. The number of piperidine rings is 2. The normalized spacial score (nSPS) is 26.1. The highest BCUT2D eigenvalue weighted by molar-refractivity contribution is 7.98. The van der Waals surface area contributed by atoms with Crippen LogP contribution in [0.3, 0.4) is 0 Å². The van der Waals surface area contributed by atoms with Gasteiger partial charge in [-0.2, -0.15) is 0 Å². The monoisotopic (exact) mass is 415 g/mol. The Hall–Kier alpha value is -2.15. The Morgan fingerprint density at radius 1 is 1.14 bits per heavy atom. The van der Waals surface area contributed by atoms with Gasteiger partial charge in [0.05, 0.1) is 5.41 Å². The number of amidine groups is 1. The fourth-order valence-electron chi connectivity index (χ4n) is 4.83. The van der Waals surface area contributed by atoms with E-state index >= 15 is 0 Å². The number of hydrogen-bond acceptors (Lipinski definition) is 5. The molecular weight excluding hydrogens is 392 g/mol. The molecular formula is C22H23F2N3OS. The second kappa shape index (κ2) is 6.97. The molecule has 0 spiro atoms. The number of ether oxygens (including phenoxy) is 1. The first-order valence-electron chi connectivity index (χ1n) is 10.1. The standard InChI is InChI=1S/C22H23F2N3OS/c1-21(23,24)15-2-5-18(6-3-15)28-19-7-4-16(14-25-19)22-10-8-17(9-11-22)27-12-13-29-26-20(22)27/h2-7,14,17H,8-13H2,1H3. The van der Waals surface area contributed by atoms with E-state index in [-0.39, 0.29) is 11.0 Å². The molecule has 4 heterocycles. The van der Waals surface area contributed by atoms with Gasteiger partial charge in [-0.3, -0.25) is 0 Å². The van der Waals surface area contributed by atoms with Crippen LogP contribution in [0.1, 0.15) is 43.7 Å². The van der Waals surface area contributed by atoms with Gasteiger partial charge in [-0.25, -0.2) is 18.2 Å². The van der Waals surface area contributed by atoms with Gasteiger partial charge in [0.15, 0.2) is 0 Å². The maximum Gasteiger partial charge on any atom is 0.270 e. The van der Waals surface area contributed by atoms with Crippen LogP contribution in [-0.2, 0) is 11.3 Å². The van der Waals surface area contributed by atoms with E-state index in [1.165, 1.54) is 36.4 Å². The number of alkyl halides is 2. The molecule has 3 fully saturated rings. The van der Waals surface area contributed by atoms with Crippen molar-refractivity contribution in [3.63, 3.8) is 0 Å². The highest BCUT2D eigenvalue weighted by atomic mass is 32.2. The molecule has 0 atom stereocenters. The first-order valence-corrected chi connectivity index (χ1v) is 11.0. The van der Waals surface area contributed by atoms with Gasteiger partial charge in [-0.1, -0.05) is 6.07 Å². The topological polar surface area (TPSA) is 37.7 Å². The predicted octanol–water partition coefficient (Wildman–Crippen LogP) is 5.54. The summed E-state index contributed by atoms with van der Waals surface area (Å²) >= 11 is 1.67. The zero-order valence-corrected chi connectivity index (χ0v) is 17.1. The molecule has 29 heavy (non-hydrogen) atoms. The van der Waals surface area contributed by atoms with Crippen molar-refractivity contribution >= 4 is 17.8 Å². The van der Waals surface area contributed by atoms with Gasteiger partial charge in [0.1, 0.15) is 11.6 Å². The first-order chi connectivity index (χ1) is 14.0. The molecule has 1 saturated carbocycles. The zero-order chi connectivity index (χ0) is 20.1. The van der Waals surface area contributed by atoms with E-state index in [2.05, 4.69) is 16.0 Å². The Balaban J connectivity index is 1.37. The minimum atomic E-state index is -2.86. The van der Waals surface area contributed by atoms with Crippen molar-refractivity contribution in [1.29, 1.82) is 0 Å². The van der Waals surface area contributed by atoms with E-state index in [1.807, 2.05) is 12.3 Å². The number of rotatable bonds is 4. The van der Waals surface area contributed by atoms with Crippen LogP contribution in [0.15, 0.2) is 47.0 Å². The molecule has 1 aromatic heterocycles. The van der Waals surface area contributed by atoms with E-state index in [1.54, 1.807) is 24.1 Å². The molecule has 0 N–H and O–H groups in total. The van der Waals surface area contributed by atoms with E-state index < -0.39 is 5.92 Å². The van der Waals surface area contributed by atoms with Crippen LogP contribution in [0.25, 0.3) is 0 Å². The van der Waals surface area contributed by atoms with Crippen molar-refractivity contribution in [1.82, 2.24) is 9.88 Å². The van der Waals surface area contributed by atoms with E-state index in [0.29, 0.717) is 17.7 Å². The van der Waals surface area contributed by atoms with Gasteiger partial charge in [0.2, 0.25) is 5.88 Å². The van der Waals surface area contributed by atoms with Crippen LogP contribution in [0, 0.1) is 0 Å². The van der Waals surface area contributed by atoms with Gasteiger partial charge in [-0.05, 0) is 67.5 Å². The molecule has 0 amide bonds. The summed E-state index contributed by atoms with van der Waals surface area (Å²) in [5, 5.41) is 0. The predicted molar refractivity (Wildman–Crippen MR) is 111 cm³/mol. The first kappa shape index (κ1) is 18.9. The molecule has 2 bridgehead atoms. The summed E-state index contributed by atoms with van der Waals surface area (Å²) < 4.78 is 37.3. The summed E-state index contributed by atoms with van der Waals surface area (Å²) in [4.78, 5) is 7.03. The summed E-state index contributed by atoms with van der Waals surface area (Å²) in [6.45, 7) is 1.97. The smallest absolute Gasteiger partial charge is 0.270 e. The van der Waals surface area contributed by atoms with Gasteiger partial charge in [0, 0.05) is 43.1 Å². The summed E-state index contributed by atoms with van der Waals surface area (Å²) in [6, 6.07) is 10.5. The van der Waals surface area contributed by atoms with Gasteiger partial charge in [0.25, 0.3) is 5.92 Å². The zero-order valence-electron chi connectivity index (χ0n) is 16.3. The van der Waals surface area contributed by atoms with Crippen molar-refractivity contribution in [3.05, 3.63) is 53.7 Å². The summed E-state index contributed by atoms with van der Waals surface area (Å²) in [6.07, 6.45) is 6.53. The second-order valence-electron chi connectivity index (χ2n) is 8.15. The van der Waals surface area contributed by atoms with Crippen LogP contribution in [-0.4, -0.2) is 34.1 Å². The van der Waals surface area contributed by atoms with E-state index in [0.717, 1.165) is 32.1 Å². The van der Waals surface area contributed by atoms with Crippen molar-refractivity contribution < 1.29 is 13.5 Å². The van der Waals surface area contributed by atoms with Crippen LogP contribution in [0.5, 0.6) is 11.6 Å². The molecule has 0 radical (unpaired) electrons. The van der Waals surface area contributed by atoms with E-state index in [9.17, 15) is 8.78 Å². The molecule has 2 aromatic rings. The van der Waals surface area contributed by atoms with Crippen LogP contribution in [0.4, 0.5) is 8.78 Å². The number of hydrogen-bond donors (Lipinski definition) is 0. The second-order valence-corrected chi connectivity index (χ2v) is 9.00. The Morgan fingerprint density at radius 2 is 1.90 bits per heavy atom. The molecule has 4 aliphatic rings. The molecule has 4 nitrogen and oxygen atoms in total. The minimum Gasteiger partial charge on any atom is -0.439 e. The largest absolute Gasteiger partial charge is 0.439 e. The highest BCUT2D eigenvalue weighted by Gasteiger charge is 2.51. The Labute approximate surface area is 173 Å². The summed E-state index contributed by atoms with van der Waals surface area (Å²) in [7, 11) is 0. The fourth-order valence-corrected chi connectivity index (χ4v) is 5.60. The van der Waals surface area contributed by atoms with Gasteiger partial charge >= 0.3 is 0 Å². The van der Waals surface area contributed by atoms with E-state index in [4.69, 9.17) is 9.13 Å². The summed E-state index contributed by atoms with van der Waals surface area (Å²) in [5.74, 6) is 0.383. The number of aromatic nitrogens is 1. The van der Waals surface area contributed by atoms with Crippen molar-refractivity contribution in [2.24, 2.45) is 4.40 Å². The maximum absolute atomic E-state index is 13.4. The molecule has 152 valence electrons. The highest BCUT2D eigenvalue weighted by Crippen LogP contribution is 2.49. The van der Waals surface area contributed by atoms with Gasteiger partial charge < -0.3 is 9.64 Å². The fraction of sp³-hybridized carbons (Fsp3) is 0.455. The Bertz CT molecular complexity index is 917. The lowest BCUT2D eigenvalue weighted by Crippen LogP contribution is -2.61. The maximum atomic E-state index is 13.4. The molecule has 6 rings (SSSR count). The Kier molecular flexibility index (Phi) is 4.53. The third-order valence-electron chi connectivity index (χ3n) is 6.40.